The third-order valence-electron chi connectivity index (χ3n) is 12.6. The molecule has 6 rings (SSSR count). The number of benzene rings is 2. The zero-order chi connectivity index (χ0) is 41.0. The molecule has 57 heavy (non-hydrogen) atoms. The molecule has 1 aliphatic carbocycles. The molecule has 3 saturated heterocycles. The van der Waals surface area contributed by atoms with Gasteiger partial charge in [-0.15, -0.1) is 0 Å². The lowest BCUT2D eigenvalue weighted by molar-refractivity contribution is -0.126. The zero-order valence-electron chi connectivity index (χ0n) is 33.0. The smallest absolute Gasteiger partial charge is 0.407 e. The second-order valence-corrected chi connectivity index (χ2v) is 18.5. The fraction of sp³-hybridized carbons (Fsp3) is 0.585. The number of piperidine rings is 1. The summed E-state index contributed by atoms with van der Waals surface area (Å²) in [7, 11) is -1.37. The van der Waals surface area contributed by atoms with Crippen molar-refractivity contribution in [3.63, 3.8) is 0 Å². The van der Waals surface area contributed by atoms with E-state index >= 15 is 4.39 Å². The third-order valence-corrected chi connectivity index (χ3v) is 14.6. The number of anilines is 1. The molecule has 1 unspecified atom stereocenters. The first-order valence-electron chi connectivity index (χ1n) is 19.6. The summed E-state index contributed by atoms with van der Waals surface area (Å²) in [4.78, 5) is 42.8. The van der Waals surface area contributed by atoms with Crippen molar-refractivity contribution in [2.24, 2.45) is 17.3 Å². The van der Waals surface area contributed by atoms with Crippen LogP contribution < -0.4 is 15.5 Å². The quantitative estimate of drug-likeness (QED) is 0.294. The van der Waals surface area contributed by atoms with Crippen LogP contribution in [0.25, 0.3) is 0 Å². The number of likely N-dealkylation sites (tertiary alicyclic amines) is 1. The van der Waals surface area contributed by atoms with Crippen LogP contribution in [0.4, 0.5) is 24.1 Å². The van der Waals surface area contributed by atoms with Crippen LogP contribution in [0.1, 0.15) is 44.6 Å². The predicted molar refractivity (Wildman–Crippen MR) is 210 cm³/mol. The Kier molecular flexibility index (Phi) is 13.1. The minimum Gasteiger partial charge on any atom is -0.453 e. The summed E-state index contributed by atoms with van der Waals surface area (Å²) in [6.07, 6.45) is 3.91. The van der Waals surface area contributed by atoms with E-state index < -0.39 is 38.5 Å². The highest BCUT2D eigenvalue weighted by Crippen LogP contribution is 2.51. The number of sulfone groups is 1. The van der Waals surface area contributed by atoms with E-state index in [1.165, 1.54) is 37.3 Å². The van der Waals surface area contributed by atoms with Crippen molar-refractivity contribution in [3.8, 4) is 0 Å². The number of ether oxygens (including phenoxy) is 3. The average molecular weight is 816 g/mol. The maximum Gasteiger partial charge on any atom is 0.407 e. The minimum atomic E-state index is -4.00. The summed E-state index contributed by atoms with van der Waals surface area (Å²) in [5, 5.41) is 4.94. The van der Waals surface area contributed by atoms with Gasteiger partial charge in [0.15, 0.2) is 9.84 Å². The van der Waals surface area contributed by atoms with E-state index in [0.29, 0.717) is 18.8 Å². The third kappa shape index (κ3) is 9.07. The number of rotatable bonds is 12. The zero-order valence-corrected chi connectivity index (χ0v) is 33.8. The molecular formula is C41H55F2N5O8S. The van der Waals surface area contributed by atoms with Gasteiger partial charge in [0.25, 0.3) is 0 Å². The van der Waals surface area contributed by atoms with Gasteiger partial charge in [-0.2, -0.15) is 0 Å². The Bertz CT molecular complexity index is 1900. The number of nitrogens with zero attached hydrogens (tertiary/aromatic N) is 3. The number of amides is 3. The second kappa shape index (κ2) is 17.7. The number of methoxy groups -OCH3 is 2. The highest BCUT2D eigenvalue weighted by Gasteiger charge is 2.53. The normalized spacial score (nSPS) is 24.1. The Hall–Kier alpha value is -4.28. The summed E-state index contributed by atoms with van der Waals surface area (Å²) < 4.78 is 73.2. The Morgan fingerprint density at radius 1 is 1.02 bits per heavy atom. The van der Waals surface area contributed by atoms with Gasteiger partial charge in [-0.3, -0.25) is 4.79 Å². The molecule has 16 heteroatoms. The molecule has 0 bridgehead atoms. The molecule has 4 aliphatic rings. The molecule has 1 saturated carbocycles. The van der Waals surface area contributed by atoms with Crippen molar-refractivity contribution >= 4 is 33.6 Å². The van der Waals surface area contributed by atoms with Gasteiger partial charge in [-0.05, 0) is 92.6 Å². The molecule has 0 radical (unpaired) electrons. The average Bonchev–Trinajstić information content (AvgIpc) is 3.49. The Labute approximate surface area is 334 Å². The Morgan fingerprint density at radius 3 is 2.42 bits per heavy atom. The molecule has 2 N–H and O–H groups in total. The molecule has 3 amide bonds. The molecule has 3 aliphatic heterocycles. The van der Waals surface area contributed by atoms with E-state index in [1.807, 2.05) is 11.0 Å². The molecule has 2 aromatic carbocycles. The van der Waals surface area contributed by atoms with Gasteiger partial charge in [0, 0.05) is 56.1 Å². The van der Waals surface area contributed by atoms with E-state index in [0.717, 1.165) is 69.4 Å². The monoisotopic (exact) mass is 815 g/mol. The number of hydrogen-bond donors (Lipinski definition) is 2. The fourth-order valence-corrected chi connectivity index (χ4v) is 11.4. The molecule has 4 fully saturated rings. The maximum atomic E-state index is 15.7. The van der Waals surface area contributed by atoms with Crippen LogP contribution in [0.2, 0.25) is 0 Å². The minimum absolute atomic E-state index is 0.0300. The maximum absolute atomic E-state index is 15.7. The van der Waals surface area contributed by atoms with E-state index in [2.05, 4.69) is 29.0 Å². The molecule has 312 valence electrons. The largest absolute Gasteiger partial charge is 0.453 e. The van der Waals surface area contributed by atoms with Crippen molar-refractivity contribution < 1.29 is 45.8 Å². The molecule has 13 nitrogen and oxygen atoms in total. The molecule has 2 aromatic rings. The van der Waals surface area contributed by atoms with Gasteiger partial charge in [0.2, 0.25) is 5.91 Å². The van der Waals surface area contributed by atoms with Crippen LogP contribution in [0, 0.1) is 28.9 Å². The van der Waals surface area contributed by atoms with E-state index in [-0.39, 0.29) is 72.8 Å². The van der Waals surface area contributed by atoms with Gasteiger partial charge in [-0.25, -0.2) is 26.8 Å². The molecule has 0 aromatic heterocycles. The van der Waals surface area contributed by atoms with Gasteiger partial charge in [-0.1, -0.05) is 32.1 Å². The topological polar surface area (TPSA) is 147 Å². The van der Waals surface area contributed by atoms with Crippen LogP contribution >= 0.6 is 0 Å². The van der Waals surface area contributed by atoms with Gasteiger partial charge < -0.3 is 39.5 Å². The van der Waals surface area contributed by atoms with E-state index in [1.54, 1.807) is 12.1 Å². The summed E-state index contributed by atoms with van der Waals surface area (Å²) >= 11 is 0. The van der Waals surface area contributed by atoms with Gasteiger partial charge in [0.1, 0.15) is 16.9 Å². The molecule has 0 spiro atoms. The first-order valence-corrected chi connectivity index (χ1v) is 21.2. The van der Waals surface area contributed by atoms with Crippen molar-refractivity contribution in [2.75, 3.05) is 84.7 Å². The first-order chi connectivity index (χ1) is 27.2. The lowest BCUT2D eigenvalue weighted by Crippen LogP contribution is -2.61. The number of halogens is 2. The van der Waals surface area contributed by atoms with Crippen molar-refractivity contribution in [1.82, 2.24) is 20.4 Å². The molecule has 3 heterocycles. The lowest BCUT2D eigenvalue weighted by Gasteiger charge is -2.54. The Morgan fingerprint density at radius 2 is 1.75 bits per heavy atom. The number of alkyl carbamates (subject to hydrolysis) is 2. The van der Waals surface area contributed by atoms with Crippen molar-refractivity contribution in [2.45, 2.75) is 60.6 Å². The van der Waals surface area contributed by atoms with Crippen LogP contribution in [0.5, 0.6) is 0 Å². The van der Waals surface area contributed by atoms with Crippen LogP contribution in [-0.4, -0.2) is 127 Å². The van der Waals surface area contributed by atoms with Crippen LogP contribution in [0.15, 0.2) is 60.0 Å². The number of hydrogen-bond acceptors (Lipinski definition) is 10. The first kappa shape index (κ1) is 42.3. The lowest BCUT2D eigenvalue weighted by atomic mass is 9.58. The van der Waals surface area contributed by atoms with Crippen molar-refractivity contribution in [1.29, 1.82) is 0 Å². The highest BCUT2D eigenvalue weighted by atomic mass is 32.2. The number of carbonyl (C=O) groups is 3. The standard InChI is InChI=1S/C41H55F2N5O8S/c1-5-37(49)47-18-19-56-23-32(22-47)57(52,53)31-12-13-36(34(43)21-31)48-26-40(2,27-48)25-46-16-14-28(15-17-46)41(24-44-38(50)54-3,29-8-6-9-30(42)20-29)33-10-7-11-35(33)45-39(51)55-4/h5-6,8-9,12-13,20-21,28,32-33,35H,1,7,10-11,14-19,22-27H2,2-4H3,(H,44,50)(H,45,51)/t32-,33-,35-,41?/m0/s1. The number of nitrogens with one attached hydrogen (secondary N) is 2. The van der Waals surface area contributed by atoms with E-state index in [4.69, 9.17) is 14.2 Å². The van der Waals surface area contributed by atoms with Crippen molar-refractivity contribution in [3.05, 3.63) is 72.3 Å². The van der Waals surface area contributed by atoms with Gasteiger partial charge in [0.05, 0.1) is 38.0 Å². The SMILES string of the molecule is C=CC(=O)N1CCOC[C@@H](S(=O)(=O)c2ccc(N3CC(C)(CN4CCC(C(CNC(=O)OC)(c5cccc(F)c5)[C@H]5CCC[C@@H]5NC(=O)OC)CC4)C3)c(F)c2)C1. The highest BCUT2D eigenvalue weighted by molar-refractivity contribution is 7.92. The Balaban J connectivity index is 1.13. The summed E-state index contributed by atoms with van der Waals surface area (Å²) in [6, 6.07) is 10.3. The molecular weight excluding hydrogens is 761 g/mol. The summed E-state index contributed by atoms with van der Waals surface area (Å²) in [6.45, 7) is 9.54. The van der Waals surface area contributed by atoms with E-state index in [9.17, 15) is 27.2 Å². The van der Waals surface area contributed by atoms with Crippen LogP contribution in [0.3, 0.4) is 0 Å². The predicted octanol–water partition coefficient (Wildman–Crippen LogP) is 4.51. The molecule has 4 atom stereocenters. The number of carbonyl (C=O) groups excluding carboxylic acids is 3. The second-order valence-electron chi connectivity index (χ2n) is 16.2. The van der Waals surface area contributed by atoms with Gasteiger partial charge >= 0.3 is 12.2 Å². The summed E-state index contributed by atoms with van der Waals surface area (Å²) in [5.74, 6) is -1.47. The van der Waals surface area contributed by atoms with Crippen LogP contribution in [-0.2, 0) is 34.3 Å². The summed E-state index contributed by atoms with van der Waals surface area (Å²) in [5.41, 5.74) is 0.228. The fourth-order valence-electron chi connectivity index (χ4n) is 9.86.